The molecule has 0 N–H and O–H groups in total. The van der Waals surface area contributed by atoms with E-state index in [0.717, 1.165) is 41.9 Å². The van der Waals surface area contributed by atoms with E-state index in [0.29, 0.717) is 0 Å². The van der Waals surface area contributed by atoms with Gasteiger partial charge in [-0.3, -0.25) is 4.79 Å². The molecule has 0 saturated carbocycles. The number of Topliss-reactive ketones (excluding diaryl/α,β-unsaturated/α-hetero) is 1. The van der Waals surface area contributed by atoms with Gasteiger partial charge in [0.05, 0.1) is 11.2 Å². The number of carbonyl (C=O) groups excluding carboxylic acids is 1. The molecule has 4 rings (SSSR count). The molecule has 0 fully saturated rings. The fourth-order valence-corrected chi connectivity index (χ4v) is 6.66. The maximum absolute atomic E-state index is 13.8. The minimum absolute atomic E-state index is 0.118. The maximum Gasteiger partial charge on any atom is 0.250 e. The molecule has 1 aromatic rings. The third-order valence-corrected chi connectivity index (χ3v) is 17.6. The molecule has 5 heteroatoms. The molecule has 3 nitrogen and oxygen atoms in total. The van der Waals surface area contributed by atoms with Crippen molar-refractivity contribution in [1.82, 2.24) is 0 Å². The smallest absolute Gasteiger partial charge is 0.250 e. The van der Waals surface area contributed by atoms with E-state index >= 15 is 0 Å². The van der Waals surface area contributed by atoms with Crippen molar-refractivity contribution in [2.24, 2.45) is 5.41 Å². The molecule has 0 heterocycles. The zero-order valence-electron chi connectivity index (χ0n) is 22.8. The lowest BCUT2D eigenvalue weighted by Crippen LogP contribution is -2.43. The van der Waals surface area contributed by atoms with Gasteiger partial charge in [0, 0.05) is 5.56 Å². The summed E-state index contributed by atoms with van der Waals surface area (Å²) in [7, 11) is -3.85. The summed E-state index contributed by atoms with van der Waals surface area (Å²) >= 11 is 0. The lowest BCUT2D eigenvalue weighted by atomic mass is 9.82. The molecule has 184 valence electrons. The number of carbonyl (C=O) groups is 1. The second-order valence-corrected chi connectivity index (χ2v) is 23.0. The Bertz CT molecular complexity index is 1120. The van der Waals surface area contributed by atoms with Crippen LogP contribution in [0.3, 0.4) is 0 Å². The Labute approximate surface area is 208 Å². The van der Waals surface area contributed by atoms with Crippen molar-refractivity contribution in [3.8, 4) is 5.75 Å². The Morgan fingerprint density at radius 3 is 2.09 bits per heavy atom. The standard InChI is InChI=1S/C29H42O3Si2/c1-27(2,3)33(7,8)31-23-13-11-20-17-29(19-22(20)15-23)18-21-12-14-24(16-25(21)26(29)30)32-34(9,10)28(4,5)6/h12-17H,11,18-19H2,1-10H3. The molecule has 0 saturated heterocycles. The first kappa shape index (κ1) is 25.2. The summed E-state index contributed by atoms with van der Waals surface area (Å²) in [4.78, 5) is 13.8. The Kier molecular flexibility index (Phi) is 5.81. The molecule has 1 unspecified atom stereocenters. The van der Waals surface area contributed by atoms with E-state index in [1.807, 2.05) is 6.07 Å². The molecule has 0 amide bonds. The summed E-state index contributed by atoms with van der Waals surface area (Å²) in [5.41, 5.74) is 4.11. The molecule has 1 atom stereocenters. The van der Waals surface area contributed by atoms with E-state index in [1.54, 1.807) is 0 Å². The quantitative estimate of drug-likeness (QED) is 0.394. The van der Waals surface area contributed by atoms with Gasteiger partial charge in [0.2, 0.25) is 16.6 Å². The second-order valence-electron chi connectivity index (χ2n) is 13.5. The average Bonchev–Trinajstić information content (AvgIpc) is 3.16. The molecular weight excluding hydrogens is 452 g/mol. The van der Waals surface area contributed by atoms with Gasteiger partial charge in [0.1, 0.15) is 5.75 Å². The van der Waals surface area contributed by atoms with Gasteiger partial charge in [0.25, 0.3) is 0 Å². The molecule has 3 aliphatic carbocycles. The van der Waals surface area contributed by atoms with Crippen molar-refractivity contribution in [2.75, 3.05) is 0 Å². The molecule has 3 aliphatic rings. The number of fused-ring (bicyclic) bond motifs is 2. The first-order valence-electron chi connectivity index (χ1n) is 12.6. The average molecular weight is 495 g/mol. The molecule has 0 bridgehead atoms. The highest BCUT2D eigenvalue weighted by Gasteiger charge is 2.49. The van der Waals surface area contributed by atoms with Crippen LogP contribution < -0.4 is 4.43 Å². The van der Waals surface area contributed by atoms with Gasteiger partial charge >= 0.3 is 0 Å². The molecule has 0 radical (unpaired) electrons. The third-order valence-electron chi connectivity index (χ3n) is 8.85. The highest BCUT2D eigenvalue weighted by Crippen LogP contribution is 2.52. The van der Waals surface area contributed by atoms with Crippen LogP contribution >= 0.6 is 0 Å². The Balaban J connectivity index is 1.55. The van der Waals surface area contributed by atoms with Crippen LogP contribution in [0.15, 0.2) is 53.3 Å². The van der Waals surface area contributed by atoms with Crippen LogP contribution in [-0.2, 0) is 10.8 Å². The Morgan fingerprint density at radius 2 is 1.47 bits per heavy atom. The van der Waals surface area contributed by atoms with Crippen LogP contribution in [0.25, 0.3) is 0 Å². The topological polar surface area (TPSA) is 35.5 Å². The zero-order valence-corrected chi connectivity index (χ0v) is 24.8. The Morgan fingerprint density at radius 1 is 0.853 bits per heavy atom. The first-order chi connectivity index (χ1) is 15.4. The largest absolute Gasteiger partial charge is 0.544 e. The number of hydrogen-bond acceptors (Lipinski definition) is 3. The van der Waals surface area contributed by atoms with Crippen LogP contribution in [0.5, 0.6) is 5.75 Å². The minimum Gasteiger partial charge on any atom is -0.544 e. The van der Waals surface area contributed by atoms with E-state index in [4.69, 9.17) is 8.85 Å². The minimum atomic E-state index is -1.96. The van der Waals surface area contributed by atoms with Crippen LogP contribution in [0.1, 0.15) is 70.3 Å². The molecule has 0 aromatic heterocycles. The number of benzene rings is 1. The van der Waals surface area contributed by atoms with E-state index < -0.39 is 22.0 Å². The number of ketones is 1. The first-order valence-corrected chi connectivity index (χ1v) is 18.4. The summed E-state index contributed by atoms with van der Waals surface area (Å²) in [6.45, 7) is 22.6. The van der Waals surface area contributed by atoms with Crippen molar-refractivity contribution >= 4 is 22.4 Å². The second kappa shape index (κ2) is 7.82. The highest BCUT2D eigenvalue weighted by molar-refractivity contribution is 6.75. The number of allylic oxidation sites excluding steroid dienone is 5. The fraction of sp³-hybridized carbons (Fsp3) is 0.552. The summed E-state index contributed by atoms with van der Waals surface area (Å²) < 4.78 is 13.1. The molecular formula is C29H42O3Si2. The zero-order chi connectivity index (χ0) is 25.3. The van der Waals surface area contributed by atoms with Gasteiger partial charge in [-0.05, 0) is 96.5 Å². The SMILES string of the molecule is CC(C)(C)[Si](C)(C)OC1=CCC2=CC3(CC2=C1)Cc1ccc(O[Si](C)(C)C(C)(C)C)cc1C3=O. The molecule has 0 aliphatic heterocycles. The predicted molar refractivity (Wildman–Crippen MR) is 146 cm³/mol. The van der Waals surface area contributed by atoms with Crippen LogP contribution in [-0.4, -0.2) is 22.4 Å². The predicted octanol–water partition coefficient (Wildman–Crippen LogP) is 8.36. The van der Waals surface area contributed by atoms with Gasteiger partial charge in [0.15, 0.2) is 5.78 Å². The van der Waals surface area contributed by atoms with Crippen molar-refractivity contribution in [3.05, 3.63) is 64.5 Å². The van der Waals surface area contributed by atoms with Crippen molar-refractivity contribution < 1.29 is 13.6 Å². The lowest BCUT2D eigenvalue weighted by Gasteiger charge is -2.37. The lowest BCUT2D eigenvalue weighted by molar-refractivity contribution is 0.0880. The van der Waals surface area contributed by atoms with E-state index in [-0.39, 0.29) is 15.9 Å². The van der Waals surface area contributed by atoms with E-state index in [1.165, 1.54) is 11.1 Å². The summed E-state index contributed by atoms with van der Waals surface area (Å²) in [6, 6.07) is 6.18. The maximum atomic E-state index is 13.8. The summed E-state index contributed by atoms with van der Waals surface area (Å²) in [6.07, 6.45) is 9.06. The van der Waals surface area contributed by atoms with Crippen LogP contribution in [0.2, 0.25) is 36.3 Å². The summed E-state index contributed by atoms with van der Waals surface area (Å²) in [5, 5.41) is 0.277. The molecule has 1 spiro atoms. The van der Waals surface area contributed by atoms with Gasteiger partial charge in [-0.15, -0.1) is 0 Å². The van der Waals surface area contributed by atoms with Gasteiger partial charge in [-0.2, -0.15) is 0 Å². The fourth-order valence-electron chi connectivity index (χ4n) is 4.60. The number of hydrogen-bond donors (Lipinski definition) is 0. The number of rotatable bonds is 4. The van der Waals surface area contributed by atoms with E-state index in [9.17, 15) is 4.79 Å². The van der Waals surface area contributed by atoms with Gasteiger partial charge in [-0.1, -0.05) is 53.7 Å². The van der Waals surface area contributed by atoms with Crippen LogP contribution in [0.4, 0.5) is 0 Å². The highest BCUT2D eigenvalue weighted by atomic mass is 28.4. The Hall–Kier alpha value is -1.86. The normalized spacial score (nSPS) is 22.8. The van der Waals surface area contributed by atoms with Crippen molar-refractivity contribution in [2.45, 2.75) is 97.1 Å². The van der Waals surface area contributed by atoms with Crippen molar-refractivity contribution in [3.63, 3.8) is 0 Å². The van der Waals surface area contributed by atoms with Gasteiger partial charge in [-0.25, -0.2) is 0 Å². The molecule has 34 heavy (non-hydrogen) atoms. The molecule has 1 aromatic carbocycles. The van der Waals surface area contributed by atoms with Crippen LogP contribution in [0, 0.1) is 5.41 Å². The van der Waals surface area contributed by atoms with Gasteiger partial charge < -0.3 is 8.85 Å². The third kappa shape index (κ3) is 4.30. The summed E-state index contributed by atoms with van der Waals surface area (Å²) in [5.74, 6) is 2.08. The van der Waals surface area contributed by atoms with E-state index in [2.05, 4.69) is 98.1 Å². The monoisotopic (exact) mass is 494 g/mol. The van der Waals surface area contributed by atoms with Crippen molar-refractivity contribution in [1.29, 1.82) is 0 Å².